The Bertz CT molecular complexity index is 843. The fraction of sp³-hybridized carbons (Fsp3) is 0.500. The first-order chi connectivity index (χ1) is 12.9. The topological polar surface area (TPSA) is 94.1 Å². The smallest absolute Gasteiger partial charge is 0.293 e. The van der Waals surface area contributed by atoms with Gasteiger partial charge in [-0.15, -0.1) is 5.10 Å². The molecule has 0 radical (unpaired) electrons. The molecule has 1 saturated heterocycles. The van der Waals surface area contributed by atoms with Crippen LogP contribution in [0.25, 0.3) is 5.69 Å². The van der Waals surface area contributed by atoms with Gasteiger partial charge in [0.2, 0.25) is 11.7 Å². The summed E-state index contributed by atoms with van der Waals surface area (Å²) in [6.07, 6.45) is 2.87. The lowest BCUT2D eigenvalue weighted by Gasteiger charge is -2.34. The van der Waals surface area contributed by atoms with Gasteiger partial charge in [0.15, 0.2) is 0 Å². The standard InChI is InChI=1S/C20H27N5O2/c1-13(2)16-9-4-5-10-17(16)25-14(3)22-19(23-25)20(27)24-11-7-6-8-15(24)12-18(21)26/h4-5,9-10,13,15H,6-8,11-12H2,1-3H3,(H2,21,26)/t15-/m0/s1. The number of para-hydroxylation sites is 1. The Morgan fingerprint density at radius 2 is 2.00 bits per heavy atom. The number of amides is 2. The van der Waals surface area contributed by atoms with Gasteiger partial charge in [-0.2, -0.15) is 0 Å². The number of hydrogen-bond donors (Lipinski definition) is 1. The molecule has 0 saturated carbocycles. The first kappa shape index (κ1) is 19.1. The molecule has 0 unspecified atom stereocenters. The fourth-order valence-electron chi connectivity index (χ4n) is 3.72. The van der Waals surface area contributed by atoms with Crippen molar-refractivity contribution in [3.63, 3.8) is 0 Å². The summed E-state index contributed by atoms with van der Waals surface area (Å²) in [5.41, 5.74) is 7.44. The summed E-state index contributed by atoms with van der Waals surface area (Å²) < 4.78 is 1.73. The number of aryl methyl sites for hydroxylation is 1. The number of nitrogens with two attached hydrogens (primary N) is 1. The highest BCUT2D eigenvalue weighted by molar-refractivity contribution is 5.91. The van der Waals surface area contributed by atoms with Crippen molar-refractivity contribution >= 4 is 11.8 Å². The van der Waals surface area contributed by atoms with Crippen LogP contribution >= 0.6 is 0 Å². The number of aromatic nitrogens is 3. The van der Waals surface area contributed by atoms with Gasteiger partial charge in [-0.3, -0.25) is 9.59 Å². The lowest BCUT2D eigenvalue weighted by atomic mass is 9.99. The predicted octanol–water partition coefficient (Wildman–Crippen LogP) is 2.57. The van der Waals surface area contributed by atoms with Gasteiger partial charge in [-0.05, 0) is 43.7 Å². The Hall–Kier alpha value is -2.70. The van der Waals surface area contributed by atoms with Gasteiger partial charge in [-0.25, -0.2) is 9.67 Å². The Kier molecular flexibility index (Phi) is 5.58. The molecule has 7 heteroatoms. The molecule has 1 aliphatic heterocycles. The number of piperidine rings is 1. The molecule has 1 atom stereocenters. The molecule has 0 bridgehead atoms. The summed E-state index contributed by atoms with van der Waals surface area (Å²) in [7, 11) is 0. The largest absolute Gasteiger partial charge is 0.370 e. The van der Waals surface area contributed by atoms with Gasteiger partial charge in [0, 0.05) is 19.0 Å². The summed E-state index contributed by atoms with van der Waals surface area (Å²) in [6, 6.07) is 7.84. The van der Waals surface area contributed by atoms with Crippen molar-refractivity contribution in [1.29, 1.82) is 0 Å². The lowest BCUT2D eigenvalue weighted by molar-refractivity contribution is -0.119. The highest BCUT2D eigenvalue weighted by atomic mass is 16.2. The molecule has 144 valence electrons. The number of benzene rings is 1. The fourth-order valence-corrected chi connectivity index (χ4v) is 3.72. The molecule has 1 aromatic carbocycles. The van der Waals surface area contributed by atoms with Gasteiger partial charge in [0.25, 0.3) is 5.91 Å². The molecule has 7 nitrogen and oxygen atoms in total. The summed E-state index contributed by atoms with van der Waals surface area (Å²) in [6.45, 7) is 6.70. The van der Waals surface area contributed by atoms with Gasteiger partial charge in [-0.1, -0.05) is 32.0 Å². The molecule has 2 amide bonds. The minimum absolute atomic E-state index is 0.168. The van der Waals surface area contributed by atoms with Crippen LogP contribution in [0.5, 0.6) is 0 Å². The number of primary amides is 1. The van der Waals surface area contributed by atoms with Gasteiger partial charge in [0.05, 0.1) is 5.69 Å². The molecule has 3 rings (SSSR count). The second kappa shape index (κ2) is 7.90. The van der Waals surface area contributed by atoms with Crippen LogP contribution in [0.15, 0.2) is 24.3 Å². The van der Waals surface area contributed by atoms with Crippen molar-refractivity contribution in [2.75, 3.05) is 6.54 Å². The summed E-state index contributed by atoms with van der Waals surface area (Å²) in [5, 5.41) is 4.51. The number of nitrogens with zero attached hydrogens (tertiary/aromatic N) is 4. The molecule has 0 spiro atoms. The van der Waals surface area contributed by atoms with Crippen LogP contribution in [-0.4, -0.2) is 44.1 Å². The average Bonchev–Trinajstić information content (AvgIpc) is 3.02. The highest BCUT2D eigenvalue weighted by Gasteiger charge is 2.31. The molecule has 2 N–H and O–H groups in total. The van der Waals surface area contributed by atoms with Crippen LogP contribution < -0.4 is 5.73 Å². The maximum Gasteiger partial charge on any atom is 0.293 e. The first-order valence-corrected chi connectivity index (χ1v) is 9.50. The maximum atomic E-state index is 13.0. The minimum Gasteiger partial charge on any atom is -0.370 e. The molecule has 1 aliphatic rings. The summed E-state index contributed by atoms with van der Waals surface area (Å²) >= 11 is 0. The number of carbonyl (C=O) groups excluding carboxylic acids is 2. The summed E-state index contributed by atoms with van der Waals surface area (Å²) in [4.78, 5) is 30.5. The van der Waals surface area contributed by atoms with E-state index in [2.05, 4.69) is 30.0 Å². The molecule has 1 aromatic heterocycles. The molecular formula is C20H27N5O2. The Balaban J connectivity index is 1.92. The van der Waals surface area contributed by atoms with E-state index in [1.165, 1.54) is 0 Å². The quantitative estimate of drug-likeness (QED) is 0.876. The van der Waals surface area contributed by atoms with E-state index in [1.54, 1.807) is 9.58 Å². The zero-order valence-electron chi connectivity index (χ0n) is 16.2. The van der Waals surface area contributed by atoms with Crippen molar-refractivity contribution in [2.24, 2.45) is 5.73 Å². The number of rotatable bonds is 5. The maximum absolute atomic E-state index is 13.0. The van der Waals surface area contributed by atoms with E-state index < -0.39 is 0 Å². The summed E-state index contributed by atoms with van der Waals surface area (Å²) in [5.74, 6) is 0.536. The third-order valence-corrected chi connectivity index (χ3v) is 5.07. The third kappa shape index (κ3) is 4.02. The van der Waals surface area contributed by atoms with E-state index in [-0.39, 0.29) is 30.1 Å². The van der Waals surface area contributed by atoms with Crippen LogP contribution in [0.1, 0.15) is 67.5 Å². The molecular weight excluding hydrogens is 342 g/mol. The van der Waals surface area contributed by atoms with Crippen molar-refractivity contribution < 1.29 is 9.59 Å². The average molecular weight is 369 g/mol. The van der Waals surface area contributed by atoms with E-state index in [0.29, 0.717) is 18.3 Å². The zero-order chi connectivity index (χ0) is 19.6. The van der Waals surface area contributed by atoms with Gasteiger partial charge >= 0.3 is 0 Å². The van der Waals surface area contributed by atoms with E-state index in [1.807, 2.05) is 25.1 Å². The van der Waals surface area contributed by atoms with Gasteiger partial charge < -0.3 is 10.6 Å². The zero-order valence-corrected chi connectivity index (χ0v) is 16.2. The van der Waals surface area contributed by atoms with Crippen LogP contribution in [0, 0.1) is 6.92 Å². The third-order valence-electron chi connectivity index (χ3n) is 5.07. The van der Waals surface area contributed by atoms with Crippen molar-refractivity contribution in [2.45, 2.75) is 58.4 Å². The number of carbonyl (C=O) groups is 2. The molecule has 0 aliphatic carbocycles. The monoisotopic (exact) mass is 369 g/mol. The van der Waals surface area contributed by atoms with Crippen LogP contribution in [0.4, 0.5) is 0 Å². The van der Waals surface area contributed by atoms with E-state index >= 15 is 0 Å². The number of likely N-dealkylation sites (tertiary alicyclic amines) is 1. The predicted molar refractivity (Wildman–Crippen MR) is 103 cm³/mol. The number of hydrogen-bond acceptors (Lipinski definition) is 4. The molecule has 27 heavy (non-hydrogen) atoms. The van der Waals surface area contributed by atoms with E-state index in [9.17, 15) is 9.59 Å². The lowest BCUT2D eigenvalue weighted by Crippen LogP contribution is -2.45. The van der Waals surface area contributed by atoms with Crippen molar-refractivity contribution in [1.82, 2.24) is 19.7 Å². The van der Waals surface area contributed by atoms with Crippen LogP contribution in [-0.2, 0) is 4.79 Å². The van der Waals surface area contributed by atoms with Crippen LogP contribution in [0.3, 0.4) is 0 Å². The SMILES string of the molecule is Cc1nc(C(=O)N2CCCC[C@H]2CC(N)=O)nn1-c1ccccc1C(C)C. The highest BCUT2D eigenvalue weighted by Crippen LogP contribution is 2.24. The Morgan fingerprint density at radius 1 is 1.26 bits per heavy atom. The second-order valence-corrected chi connectivity index (χ2v) is 7.43. The minimum atomic E-state index is -0.389. The Morgan fingerprint density at radius 3 is 2.70 bits per heavy atom. The van der Waals surface area contributed by atoms with Crippen molar-refractivity contribution in [3.05, 3.63) is 41.5 Å². The normalized spacial score (nSPS) is 17.3. The van der Waals surface area contributed by atoms with Crippen molar-refractivity contribution in [3.8, 4) is 5.69 Å². The van der Waals surface area contributed by atoms with E-state index in [0.717, 1.165) is 30.5 Å². The van der Waals surface area contributed by atoms with Gasteiger partial charge in [0.1, 0.15) is 5.82 Å². The Labute approximate surface area is 159 Å². The molecule has 2 heterocycles. The van der Waals surface area contributed by atoms with Crippen LogP contribution in [0.2, 0.25) is 0 Å². The second-order valence-electron chi connectivity index (χ2n) is 7.43. The van der Waals surface area contributed by atoms with E-state index in [4.69, 9.17) is 5.73 Å². The molecule has 1 fully saturated rings. The first-order valence-electron chi connectivity index (χ1n) is 9.50. The molecule has 2 aromatic rings.